The average molecular weight is 500 g/mol. The van der Waals surface area contributed by atoms with Crippen LogP contribution in [0.2, 0.25) is 0 Å². The lowest BCUT2D eigenvalue weighted by molar-refractivity contribution is -0.127. The van der Waals surface area contributed by atoms with E-state index in [1.807, 2.05) is 13.8 Å². The number of carbonyl (C=O) groups is 1. The van der Waals surface area contributed by atoms with Gasteiger partial charge in [-0.3, -0.25) is 9.48 Å². The Hall–Kier alpha value is -2.56. The van der Waals surface area contributed by atoms with Gasteiger partial charge in [0.1, 0.15) is 11.6 Å². The molecule has 4 rings (SSSR count). The summed E-state index contributed by atoms with van der Waals surface area (Å²) in [7, 11) is -3.16. The molecule has 2 aromatic rings. The number of aromatic nitrogens is 2. The highest BCUT2D eigenvalue weighted by molar-refractivity contribution is 7.91. The lowest BCUT2D eigenvalue weighted by Crippen LogP contribution is -2.50. The molecule has 1 aromatic carbocycles. The second-order valence-electron chi connectivity index (χ2n) is 9.66. The maximum absolute atomic E-state index is 14.7. The molecule has 1 aromatic heterocycles. The van der Waals surface area contributed by atoms with Crippen molar-refractivity contribution in [3.8, 4) is 17.0 Å². The fraction of sp³-hybridized carbons (Fsp3) is 0.565. The van der Waals surface area contributed by atoms with Crippen molar-refractivity contribution in [2.24, 2.45) is 5.92 Å². The highest BCUT2D eigenvalue weighted by Gasteiger charge is 2.41. The van der Waals surface area contributed by atoms with E-state index in [-0.39, 0.29) is 40.7 Å². The van der Waals surface area contributed by atoms with Crippen molar-refractivity contribution in [1.29, 1.82) is 0 Å². The predicted octanol–water partition coefficient (Wildman–Crippen LogP) is 3.67. The number of hydrogen-bond donors (Lipinski definition) is 1. The Labute approximate surface area is 196 Å². The van der Waals surface area contributed by atoms with Gasteiger partial charge in [-0.1, -0.05) is 0 Å². The Morgan fingerprint density at radius 3 is 2.68 bits per heavy atom. The molecule has 0 saturated carbocycles. The third-order valence-electron chi connectivity index (χ3n) is 6.51. The van der Waals surface area contributed by atoms with Crippen molar-refractivity contribution in [3.05, 3.63) is 35.3 Å². The number of amides is 1. The molecule has 2 heterocycles. The van der Waals surface area contributed by atoms with Crippen molar-refractivity contribution in [1.82, 2.24) is 15.1 Å². The summed E-state index contributed by atoms with van der Waals surface area (Å²) in [5.74, 6) is -1.37. The number of alkyl halides is 2. The third kappa shape index (κ3) is 4.94. The van der Waals surface area contributed by atoms with Crippen molar-refractivity contribution >= 4 is 15.7 Å². The van der Waals surface area contributed by atoms with Crippen LogP contribution in [0.4, 0.5) is 13.2 Å². The standard InChI is InChI=1S/C23H28F3N3O4S/c1-13(2)29-19-10-14(21(30)27-23(3)8-9-34(31,32)12-23)4-6-16(19)20(28-29)17-11-15(33-22(25)26)5-7-18(17)24/h5,7,11,13-14,22H,4,6,8-10,12H2,1-3H3,(H,27,30)/t14-,23+/m1/s1. The number of benzene rings is 1. The number of fused-ring (bicyclic) bond motifs is 1. The summed E-state index contributed by atoms with van der Waals surface area (Å²) < 4.78 is 70.0. The Balaban J connectivity index is 1.63. The minimum absolute atomic E-state index is 0.0575. The molecule has 1 aliphatic heterocycles. The fourth-order valence-electron chi connectivity index (χ4n) is 4.87. The molecule has 34 heavy (non-hydrogen) atoms. The molecule has 0 unspecified atom stereocenters. The maximum atomic E-state index is 14.7. The van der Waals surface area contributed by atoms with Crippen LogP contribution in [0.25, 0.3) is 11.3 Å². The number of nitrogens with zero attached hydrogens (tertiary/aromatic N) is 2. The Kier molecular flexibility index (Phi) is 6.43. The lowest BCUT2D eigenvalue weighted by Gasteiger charge is -2.29. The van der Waals surface area contributed by atoms with Crippen LogP contribution in [0, 0.1) is 11.7 Å². The normalized spacial score (nSPS) is 23.8. The zero-order valence-corrected chi connectivity index (χ0v) is 20.1. The molecule has 7 nitrogen and oxygen atoms in total. The first-order valence-electron chi connectivity index (χ1n) is 11.2. The van der Waals surface area contributed by atoms with Crippen LogP contribution < -0.4 is 10.1 Å². The summed E-state index contributed by atoms with van der Waals surface area (Å²) in [6.07, 6.45) is 1.67. The third-order valence-corrected chi connectivity index (χ3v) is 8.41. The summed E-state index contributed by atoms with van der Waals surface area (Å²) in [5.41, 5.74) is 1.21. The molecule has 11 heteroatoms. The van der Waals surface area contributed by atoms with Gasteiger partial charge < -0.3 is 10.1 Å². The van der Waals surface area contributed by atoms with Crippen LogP contribution in [0.15, 0.2) is 18.2 Å². The Bertz CT molecular complexity index is 1210. The minimum Gasteiger partial charge on any atom is -0.435 e. The molecule has 1 aliphatic carbocycles. The van der Waals surface area contributed by atoms with Gasteiger partial charge in [0.25, 0.3) is 0 Å². The van der Waals surface area contributed by atoms with E-state index in [0.717, 1.165) is 23.4 Å². The van der Waals surface area contributed by atoms with E-state index in [0.29, 0.717) is 31.4 Å². The summed E-state index contributed by atoms with van der Waals surface area (Å²) in [6, 6.07) is 3.35. The first kappa shape index (κ1) is 24.6. The summed E-state index contributed by atoms with van der Waals surface area (Å²) >= 11 is 0. The number of halogens is 3. The largest absolute Gasteiger partial charge is 0.435 e. The number of nitrogens with one attached hydrogen (secondary N) is 1. The van der Waals surface area contributed by atoms with Gasteiger partial charge in [-0.25, -0.2) is 12.8 Å². The number of hydrogen-bond acceptors (Lipinski definition) is 5. The fourth-order valence-corrected chi connectivity index (χ4v) is 6.97. The molecule has 0 bridgehead atoms. The van der Waals surface area contributed by atoms with E-state index >= 15 is 0 Å². The SMILES string of the molecule is CC(C)n1nc(-c2cc(OC(F)F)ccc2F)c2c1C[C@H](C(=O)N[C@@]1(C)CCS(=O)(=O)C1)CC2. The maximum Gasteiger partial charge on any atom is 0.387 e. The van der Waals surface area contributed by atoms with E-state index < -0.39 is 27.8 Å². The molecular formula is C23H28F3N3O4S. The Morgan fingerprint density at radius 1 is 1.32 bits per heavy atom. The van der Waals surface area contributed by atoms with Gasteiger partial charge in [0.2, 0.25) is 5.91 Å². The van der Waals surface area contributed by atoms with Gasteiger partial charge >= 0.3 is 6.61 Å². The van der Waals surface area contributed by atoms with Crippen molar-refractivity contribution < 1.29 is 31.1 Å². The molecule has 0 radical (unpaired) electrons. The highest BCUT2D eigenvalue weighted by Crippen LogP contribution is 2.37. The number of carbonyl (C=O) groups excluding carboxylic acids is 1. The van der Waals surface area contributed by atoms with Gasteiger partial charge in [-0.15, -0.1) is 0 Å². The zero-order valence-electron chi connectivity index (χ0n) is 19.3. The van der Waals surface area contributed by atoms with E-state index in [1.165, 1.54) is 6.07 Å². The number of sulfone groups is 1. The molecule has 2 aliphatic rings. The van der Waals surface area contributed by atoms with Gasteiger partial charge in [-0.05, 0) is 58.2 Å². The molecule has 186 valence electrons. The van der Waals surface area contributed by atoms with Gasteiger partial charge in [-0.2, -0.15) is 13.9 Å². The molecule has 1 amide bonds. The summed E-state index contributed by atoms with van der Waals surface area (Å²) in [6.45, 7) is 2.55. The van der Waals surface area contributed by atoms with Gasteiger partial charge in [0.15, 0.2) is 9.84 Å². The summed E-state index contributed by atoms with van der Waals surface area (Å²) in [4.78, 5) is 13.1. The first-order chi connectivity index (χ1) is 15.9. The molecule has 1 N–H and O–H groups in total. The molecular weight excluding hydrogens is 471 g/mol. The van der Waals surface area contributed by atoms with Crippen molar-refractivity contribution in [3.63, 3.8) is 0 Å². The second kappa shape index (κ2) is 8.90. The quantitative estimate of drug-likeness (QED) is 0.655. The van der Waals surface area contributed by atoms with Gasteiger partial charge in [0, 0.05) is 35.2 Å². The predicted molar refractivity (Wildman–Crippen MR) is 120 cm³/mol. The van der Waals surface area contributed by atoms with Crippen LogP contribution in [-0.4, -0.2) is 47.8 Å². The lowest BCUT2D eigenvalue weighted by atomic mass is 9.84. The average Bonchev–Trinajstić information content (AvgIpc) is 3.25. The molecule has 2 atom stereocenters. The van der Waals surface area contributed by atoms with E-state index in [4.69, 9.17) is 0 Å². The molecule has 0 spiro atoms. The molecule has 1 fully saturated rings. The van der Waals surface area contributed by atoms with Crippen molar-refractivity contribution in [2.45, 2.75) is 64.6 Å². The molecule has 1 saturated heterocycles. The Morgan fingerprint density at radius 2 is 2.06 bits per heavy atom. The highest BCUT2D eigenvalue weighted by atomic mass is 32.2. The monoisotopic (exact) mass is 499 g/mol. The van der Waals surface area contributed by atoms with E-state index in [9.17, 15) is 26.4 Å². The summed E-state index contributed by atoms with van der Waals surface area (Å²) in [5, 5.41) is 7.53. The van der Waals surface area contributed by atoms with Crippen molar-refractivity contribution in [2.75, 3.05) is 11.5 Å². The topological polar surface area (TPSA) is 90.3 Å². The van der Waals surface area contributed by atoms with Crippen LogP contribution in [-0.2, 0) is 27.5 Å². The van der Waals surface area contributed by atoms with Gasteiger partial charge in [0.05, 0.1) is 22.7 Å². The zero-order chi connectivity index (χ0) is 24.8. The first-order valence-corrected chi connectivity index (χ1v) is 13.1. The second-order valence-corrected chi connectivity index (χ2v) is 11.8. The van der Waals surface area contributed by atoms with E-state index in [1.54, 1.807) is 11.6 Å². The van der Waals surface area contributed by atoms with Crippen LogP contribution >= 0.6 is 0 Å². The smallest absolute Gasteiger partial charge is 0.387 e. The van der Waals surface area contributed by atoms with Crippen LogP contribution in [0.1, 0.15) is 50.9 Å². The van der Waals surface area contributed by atoms with E-state index in [2.05, 4.69) is 15.2 Å². The van der Waals surface area contributed by atoms with Crippen LogP contribution in [0.5, 0.6) is 5.75 Å². The number of rotatable bonds is 6. The van der Waals surface area contributed by atoms with Crippen LogP contribution in [0.3, 0.4) is 0 Å². The number of ether oxygens (including phenoxy) is 1. The minimum atomic E-state index is -3.16.